The zero-order chi connectivity index (χ0) is 18.1. The molecule has 1 unspecified atom stereocenters. The molecule has 1 amide bonds. The summed E-state index contributed by atoms with van der Waals surface area (Å²) in [5, 5.41) is 13.6. The highest BCUT2D eigenvalue weighted by Gasteiger charge is 2.13. The highest BCUT2D eigenvalue weighted by molar-refractivity contribution is 7.09. The number of amides is 1. The minimum absolute atomic E-state index is 0.126. The van der Waals surface area contributed by atoms with Crippen LogP contribution in [0.15, 0.2) is 41.8 Å². The van der Waals surface area contributed by atoms with Crippen molar-refractivity contribution in [3.05, 3.63) is 52.2 Å². The molecule has 136 valence electrons. The molecule has 2 N–H and O–H groups in total. The molecule has 6 heteroatoms. The van der Waals surface area contributed by atoms with Crippen molar-refractivity contribution in [2.75, 3.05) is 11.7 Å². The SMILES string of the molecule is CCCCC(O)c1ccc(N(NCOCc2cccs2)C(C)=O)cc1. The summed E-state index contributed by atoms with van der Waals surface area (Å²) in [6.07, 6.45) is 2.34. The first-order chi connectivity index (χ1) is 12.1. The lowest BCUT2D eigenvalue weighted by atomic mass is 10.0. The van der Waals surface area contributed by atoms with Gasteiger partial charge in [0.05, 0.1) is 18.4 Å². The first-order valence-corrected chi connectivity index (χ1v) is 9.42. The second-order valence-corrected chi connectivity index (χ2v) is 6.87. The number of benzene rings is 1. The summed E-state index contributed by atoms with van der Waals surface area (Å²) < 4.78 is 5.55. The summed E-state index contributed by atoms with van der Waals surface area (Å²) in [6, 6.07) is 11.4. The summed E-state index contributed by atoms with van der Waals surface area (Å²) in [4.78, 5) is 13.0. The zero-order valence-electron chi connectivity index (χ0n) is 14.8. The number of aliphatic hydroxyl groups is 1. The normalized spacial score (nSPS) is 12.1. The highest BCUT2D eigenvalue weighted by Crippen LogP contribution is 2.22. The lowest BCUT2D eigenvalue weighted by Gasteiger charge is -2.22. The van der Waals surface area contributed by atoms with E-state index in [9.17, 15) is 9.90 Å². The Morgan fingerprint density at radius 3 is 2.68 bits per heavy atom. The predicted molar refractivity (Wildman–Crippen MR) is 101 cm³/mol. The van der Waals surface area contributed by atoms with Gasteiger partial charge in [-0.25, -0.2) is 10.4 Å². The minimum atomic E-state index is -0.457. The van der Waals surface area contributed by atoms with Crippen molar-refractivity contribution in [2.45, 2.75) is 45.8 Å². The predicted octanol–water partition coefficient (Wildman–Crippen LogP) is 4.00. The molecular formula is C19H26N2O3S. The Kier molecular flexibility index (Phi) is 8.08. The van der Waals surface area contributed by atoms with Gasteiger partial charge in [-0.2, -0.15) is 0 Å². The van der Waals surface area contributed by atoms with Crippen LogP contribution >= 0.6 is 11.3 Å². The van der Waals surface area contributed by atoms with Crippen LogP contribution in [0, 0.1) is 0 Å². The number of thiophene rings is 1. The van der Waals surface area contributed by atoms with E-state index in [0.29, 0.717) is 6.61 Å². The van der Waals surface area contributed by atoms with Crippen molar-refractivity contribution in [1.29, 1.82) is 0 Å². The number of nitrogens with one attached hydrogen (secondary N) is 1. The molecule has 1 heterocycles. The molecule has 2 aromatic rings. The lowest BCUT2D eigenvalue weighted by Crippen LogP contribution is -2.42. The van der Waals surface area contributed by atoms with Gasteiger partial charge >= 0.3 is 0 Å². The third-order valence-corrected chi connectivity index (χ3v) is 4.68. The smallest absolute Gasteiger partial charge is 0.238 e. The Bertz CT molecular complexity index is 629. The van der Waals surface area contributed by atoms with E-state index in [1.165, 1.54) is 11.9 Å². The fraction of sp³-hybridized carbons (Fsp3) is 0.421. The number of carbonyl (C=O) groups excluding carboxylic acids is 1. The van der Waals surface area contributed by atoms with Gasteiger partial charge in [0.1, 0.15) is 6.73 Å². The molecular weight excluding hydrogens is 336 g/mol. The summed E-state index contributed by atoms with van der Waals surface area (Å²) in [5.41, 5.74) is 4.58. The minimum Gasteiger partial charge on any atom is -0.388 e. The van der Waals surface area contributed by atoms with Crippen LogP contribution in [0.25, 0.3) is 0 Å². The number of carbonyl (C=O) groups is 1. The monoisotopic (exact) mass is 362 g/mol. The number of ether oxygens (including phenoxy) is 1. The third kappa shape index (κ3) is 6.25. The van der Waals surface area contributed by atoms with Crippen molar-refractivity contribution in [3.8, 4) is 0 Å². The van der Waals surface area contributed by atoms with Gasteiger partial charge in [-0.3, -0.25) is 4.79 Å². The second kappa shape index (κ2) is 10.3. The van der Waals surface area contributed by atoms with Crippen molar-refractivity contribution < 1.29 is 14.6 Å². The summed E-state index contributed by atoms with van der Waals surface area (Å²) in [7, 11) is 0. The molecule has 1 atom stereocenters. The van der Waals surface area contributed by atoms with Crippen molar-refractivity contribution in [1.82, 2.24) is 5.43 Å². The van der Waals surface area contributed by atoms with E-state index in [1.807, 2.05) is 41.8 Å². The zero-order valence-corrected chi connectivity index (χ0v) is 15.6. The van der Waals surface area contributed by atoms with E-state index in [0.717, 1.165) is 35.4 Å². The number of unbranched alkanes of at least 4 members (excludes halogenated alkanes) is 1. The number of anilines is 1. The molecule has 25 heavy (non-hydrogen) atoms. The Morgan fingerprint density at radius 1 is 1.32 bits per heavy atom. The molecule has 5 nitrogen and oxygen atoms in total. The molecule has 1 aromatic heterocycles. The fourth-order valence-corrected chi connectivity index (χ4v) is 3.09. The molecule has 0 saturated carbocycles. The van der Waals surface area contributed by atoms with Gasteiger partial charge in [0.15, 0.2) is 0 Å². The maximum atomic E-state index is 11.9. The van der Waals surface area contributed by atoms with Gasteiger partial charge in [0, 0.05) is 11.8 Å². The maximum Gasteiger partial charge on any atom is 0.238 e. The first-order valence-electron chi connectivity index (χ1n) is 8.54. The van der Waals surface area contributed by atoms with E-state index in [2.05, 4.69) is 12.3 Å². The van der Waals surface area contributed by atoms with Crippen LogP contribution in [0.1, 0.15) is 49.7 Å². The van der Waals surface area contributed by atoms with E-state index in [1.54, 1.807) is 11.3 Å². The van der Waals surface area contributed by atoms with Gasteiger partial charge in [0.25, 0.3) is 0 Å². The first kappa shape index (κ1) is 19.6. The van der Waals surface area contributed by atoms with Crippen LogP contribution in [0.3, 0.4) is 0 Å². The number of hydrogen-bond donors (Lipinski definition) is 2. The molecule has 0 fully saturated rings. The molecule has 2 rings (SSSR count). The molecule has 0 spiro atoms. The molecule has 1 aromatic carbocycles. The third-order valence-electron chi connectivity index (χ3n) is 3.83. The van der Waals surface area contributed by atoms with Gasteiger partial charge in [-0.1, -0.05) is 38.0 Å². The Hall–Kier alpha value is -1.73. The molecule has 0 bridgehead atoms. The standard InChI is InChI=1S/C19H26N2O3S/c1-3-4-7-19(23)16-8-10-17(11-9-16)21(15(2)22)20-14-24-13-18-6-5-12-25-18/h5-6,8-12,19-20,23H,3-4,7,13-14H2,1-2H3. The Morgan fingerprint density at radius 2 is 2.08 bits per heavy atom. The van der Waals surface area contributed by atoms with Gasteiger partial charge in [-0.05, 0) is 35.6 Å². The largest absolute Gasteiger partial charge is 0.388 e. The van der Waals surface area contributed by atoms with Gasteiger partial charge in [-0.15, -0.1) is 11.3 Å². The van der Waals surface area contributed by atoms with Gasteiger partial charge in [0.2, 0.25) is 5.91 Å². The van der Waals surface area contributed by atoms with Crippen molar-refractivity contribution in [2.24, 2.45) is 0 Å². The number of hydrogen-bond acceptors (Lipinski definition) is 5. The number of rotatable bonds is 10. The van der Waals surface area contributed by atoms with Crippen LogP contribution in [0.4, 0.5) is 5.69 Å². The average Bonchev–Trinajstić information content (AvgIpc) is 3.13. The molecule has 0 aliphatic rings. The second-order valence-electron chi connectivity index (χ2n) is 5.83. The molecule has 0 aliphatic carbocycles. The van der Waals surface area contributed by atoms with E-state index in [4.69, 9.17) is 4.74 Å². The maximum absolute atomic E-state index is 11.9. The summed E-state index contributed by atoms with van der Waals surface area (Å²) in [6.45, 7) is 4.35. The molecule has 0 radical (unpaired) electrons. The average molecular weight is 362 g/mol. The molecule has 0 aliphatic heterocycles. The van der Waals surface area contributed by atoms with E-state index in [-0.39, 0.29) is 12.6 Å². The van der Waals surface area contributed by atoms with Crippen LogP contribution in [-0.2, 0) is 16.1 Å². The van der Waals surface area contributed by atoms with Crippen molar-refractivity contribution in [3.63, 3.8) is 0 Å². The number of nitrogens with zero attached hydrogens (tertiary/aromatic N) is 1. The van der Waals surface area contributed by atoms with Crippen LogP contribution in [0.2, 0.25) is 0 Å². The van der Waals surface area contributed by atoms with E-state index >= 15 is 0 Å². The fourth-order valence-electron chi connectivity index (χ4n) is 2.45. The Balaban J connectivity index is 1.89. The van der Waals surface area contributed by atoms with Crippen molar-refractivity contribution >= 4 is 22.9 Å². The van der Waals surface area contributed by atoms with E-state index < -0.39 is 6.10 Å². The topological polar surface area (TPSA) is 61.8 Å². The highest BCUT2D eigenvalue weighted by atomic mass is 32.1. The van der Waals surface area contributed by atoms with Crippen LogP contribution < -0.4 is 10.4 Å². The molecule has 0 saturated heterocycles. The van der Waals surface area contributed by atoms with Gasteiger partial charge < -0.3 is 9.84 Å². The number of hydrazine groups is 1. The van der Waals surface area contributed by atoms with Crippen LogP contribution in [-0.4, -0.2) is 17.7 Å². The summed E-state index contributed by atoms with van der Waals surface area (Å²) in [5.74, 6) is -0.126. The van der Waals surface area contributed by atoms with Crippen LogP contribution in [0.5, 0.6) is 0 Å². The lowest BCUT2D eigenvalue weighted by molar-refractivity contribution is -0.117. The Labute approximate surface area is 153 Å². The summed E-state index contributed by atoms with van der Waals surface area (Å²) >= 11 is 1.64. The number of aliphatic hydroxyl groups excluding tert-OH is 1. The quantitative estimate of drug-likeness (QED) is 0.381.